The van der Waals surface area contributed by atoms with Gasteiger partial charge in [-0.3, -0.25) is 14.9 Å². The molecule has 1 aliphatic heterocycles. The number of hydrogen-bond donors (Lipinski definition) is 2. The van der Waals surface area contributed by atoms with Crippen molar-refractivity contribution in [3.8, 4) is 0 Å². The first-order valence-electron chi connectivity index (χ1n) is 11.5. The highest BCUT2D eigenvalue weighted by Gasteiger charge is 2.26. The van der Waals surface area contributed by atoms with Crippen LogP contribution in [0.2, 0.25) is 0 Å². The second kappa shape index (κ2) is 10.7. The Bertz CT molecular complexity index is 1330. The molecule has 2 aromatic carbocycles. The zero-order chi connectivity index (χ0) is 25.0. The summed E-state index contributed by atoms with van der Waals surface area (Å²) < 4.78 is 27.1. The smallest absolute Gasteiger partial charge is 0.257 e. The number of sulfonamides is 1. The van der Waals surface area contributed by atoms with Crippen LogP contribution >= 0.6 is 11.3 Å². The Kier molecular flexibility index (Phi) is 7.63. The van der Waals surface area contributed by atoms with Crippen LogP contribution in [0.1, 0.15) is 46.4 Å². The van der Waals surface area contributed by atoms with Gasteiger partial charge in [0, 0.05) is 29.7 Å². The Balaban J connectivity index is 1.35. The highest BCUT2D eigenvalue weighted by atomic mass is 32.2. The molecule has 0 spiro atoms. The molecule has 1 aliphatic rings. The summed E-state index contributed by atoms with van der Waals surface area (Å²) in [5.74, 6) is -0.585. The number of nitrogens with one attached hydrogen (secondary N) is 2. The van der Waals surface area contributed by atoms with Gasteiger partial charge in [0.1, 0.15) is 0 Å². The van der Waals surface area contributed by atoms with Crippen molar-refractivity contribution in [2.24, 2.45) is 0 Å². The highest BCUT2D eigenvalue weighted by Crippen LogP contribution is 2.22. The lowest BCUT2D eigenvalue weighted by molar-refractivity contribution is -0.115. The number of carbonyl (C=O) groups excluding carboxylic acids is 2. The van der Waals surface area contributed by atoms with E-state index in [1.165, 1.54) is 39.9 Å². The van der Waals surface area contributed by atoms with Gasteiger partial charge in [-0.25, -0.2) is 13.4 Å². The SMILES string of the molecule is Cc1ccc(NC(=O)Cc2csc(NC(=O)c3ccc(S(=O)(=O)N4CCCCC4)cc3)n2)c(C)c1. The van der Waals surface area contributed by atoms with Crippen molar-refractivity contribution < 1.29 is 18.0 Å². The Hall–Kier alpha value is -3.08. The zero-order valence-electron chi connectivity index (χ0n) is 19.7. The van der Waals surface area contributed by atoms with Crippen molar-refractivity contribution in [2.75, 3.05) is 23.7 Å². The molecule has 0 bridgehead atoms. The Morgan fingerprint density at radius 2 is 1.71 bits per heavy atom. The van der Waals surface area contributed by atoms with E-state index < -0.39 is 15.9 Å². The van der Waals surface area contributed by atoms with Gasteiger partial charge in [-0.15, -0.1) is 11.3 Å². The lowest BCUT2D eigenvalue weighted by Crippen LogP contribution is -2.35. The van der Waals surface area contributed by atoms with Crippen molar-refractivity contribution in [1.82, 2.24) is 9.29 Å². The number of aryl methyl sites for hydroxylation is 2. The van der Waals surface area contributed by atoms with E-state index in [2.05, 4.69) is 15.6 Å². The Morgan fingerprint density at radius 3 is 2.40 bits per heavy atom. The maximum Gasteiger partial charge on any atom is 0.257 e. The first kappa shape index (κ1) is 25.0. The van der Waals surface area contributed by atoms with Crippen LogP contribution in [0.25, 0.3) is 0 Å². The maximum absolute atomic E-state index is 12.8. The highest BCUT2D eigenvalue weighted by molar-refractivity contribution is 7.89. The molecular formula is C25H28N4O4S2. The minimum Gasteiger partial charge on any atom is -0.326 e. The van der Waals surface area contributed by atoms with E-state index in [0.29, 0.717) is 29.5 Å². The van der Waals surface area contributed by atoms with Crippen LogP contribution in [-0.4, -0.2) is 42.6 Å². The monoisotopic (exact) mass is 512 g/mol. The summed E-state index contributed by atoms with van der Waals surface area (Å²) in [4.78, 5) is 29.6. The van der Waals surface area contributed by atoms with E-state index in [1.54, 1.807) is 5.38 Å². The van der Waals surface area contributed by atoms with E-state index in [4.69, 9.17) is 0 Å². The molecule has 4 rings (SSSR count). The average Bonchev–Trinajstić information content (AvgIpc) is 3.28. The number of carbonyl (C=O) groups is 2. The van der Waals surface area contributed by atoms with Gasteiger partial charge in [0.25, 0.3) is 5.91 Å². The van der Waals surface area contributed by atoms with Gasteiger partial charge in [-0.05, 0) is 62.6 Å². The van der Waals surface area contributed by atoms with Crippen LogP contribution in [0, 0.1) is 13.8 Å². The van der Waals surface area contributed by atoms with Crippen LogP contribution in [0.4, 0.5) is 10.8 Å². The molecule has 1 aromatic heterocycles. The first-order chi connectivity index (χ1) is 16.7. The average molecular weight is 513 g/mol. The Morgan fingerprint density at radius 1 is 1.00 bits per heavy atom. The number of piperidine rings is 1. The second-order valence-corrected chi connectivity index (χ2v) is 11.4. The summed E-state index contributed by atoms with van der Waals surface area (Å²) in [7, 11) is -3.55. The summed E-state index contributed by atoms with van der Waals surface area (Å²) in [6.45, 7) is 4.99. The normalized spacial score (nSPS) is 14.5. The lowest BCUT2D eigenvalue weighted by atomic mass is 10.1. The molecule has 0 saturated carbocycles. The third-order valence-electron chi connectivity index (χ3n) is 5.84. The van der Waals surface area contributed by atoms with Crippen LogP contribution in [0.3, 0.4) is 0 Å². The molecule has 2 heterocycles. The summed E-state index contributed by atoms with van der Waals surface area (Å²) in [6, 6.07) is 11.7. The molecule has 35 heavy (non-hydrogen) atoms. The van der Waals surface area contributed by atoms with Crippen LogP contribution in [0.5, 0.6) is 0 Å². The number of rotatable bonds is 7. The van der Waals surface area contributed by atoms with Crippen molar-refractivity contribution in [3.05, 3.63) is 70.2 Å². The predicted octanol–water partition coefficient (Wildman–Crippen LogP) is 4.37. The van der Waals surface area contributed by atoms with E-state index in [9.17, 15) is 18.0 Å². The number of thiazole rings is 1. The van der Waals surface area contributed by atoms with Gasteiger partial charge in [0.15, 0.2) is 5.13 Å². The molecule has 0 atom stereocenters. The van der Waals surface area contributed by atoms with Gasteiger partial charge >= 0.3 is 0 Å². The molecule has 184 valence electrons. The largest absolute Gasteiger partial charge is 0.326 e. The molecule has 2 N–H and O–H groups in total. The van der Waals surface area contributed by atoms with Crippen LogP contribution in [0.15, 0.2) is 52.7 Å². The molecule has 3 aromatic rings. The summed E-state index contributed by atoms with van der Waals surface area (Å²) in [6.07, 6.45) is 2.86. The van der Waals surface area contributed by atoms with Crippen molar-refractivity contribution in [3.63, 3.8) is 0 Å². The number of hydrogen-bond acceptors (Lipinski definition) is 6. The molecule has 0 aliphatic carbocycles. The van der Waals surface area contributed by atoms with E-state index in [1.807, 2.05) is 32.0 Å². The fourth-order valence-electron chi connectivity index (χ4n) is 3.96. The molecular weight excluding hydrogens is 484 g/mol. The minimum absolute atomic E-state index is 0.0861. The van der Waals surface area contributed by atoms with Crippen LogP contribution < -0.4 is 10.6 Å². The van der Waals surface area contributed by atoms with Gasteiger partial charge < -0.3 is 5.32 Å². The second-order valence-electron chi connectivity index (χ2n) is 8.63. The molecule has 1 fully saturated rings. The topological polar surface area (TPSA) is 108 Å². The number of aromatic nitrogens is 1. The van der Waals surface area contributed by atoms with E-state index in [0.717, 1.165) is 36.1 Å². The fraction of sp³-hybridized carbons (Fsp3) is 0.320. The third-order valence-corrected chi connectivity index (χ3v) is 8.56. The fourth-order valence-corrected chi connectivity index (χ4v) is 6.18. The summed E-state index contributed by atoms with van der Waals surface area (Å²) >= 11 is 1.23. The van der Waals surface area contributed by atoms with Gasteiger partial charge in [0.2, 0.25) is 15.9 Å². The minimum atomic E-state index is -3.55. The molecule has 0 radical (unpaired) electrons. The number of anilines is 2. The quantitative estimate of drug-likeness (QED) is 0.489. The zero-order valence-corrected chi connectivity index (χ0v) is 21.3. The Labute approximate surface area is 209 Å². The lowest BCUT2D eigenvalue weighted by Gasteiger charge is -2.25. The van der Waals surface area contributed by atoms with Crippen molar-refractivity contribution in [2.45, 2.75) is 44.4 Å². The number of nitrogens with zero attached hydrogens (tertiary/aromatic N) is 2. The number of benzene rings is 2. The van der Waals surface area contributed by atoms with Gasteiger partial charge in [0.05, 0.1) is 17.0 Å². The molecule has 1 saturated heterocycles. The maximum atomic E-state index is 12.8. The first-order valence-corrected chi connectivity index (χ1v) is 13.8. The molecule has 0 unspecified atom stereocenters. The molecule has 10 heteroatoms. The van der Waals surface area contributed by atoms with Gasteiger partial charge in [-0.2, -0.15) is 4.31 Å². The third kappa shape index (κ3) is 6.14. The molecule has 2 amide bonds. The van der Waals surface area contributed by atoms with Gasteiger partial charge in [-0.1, -0.05) is 24.1 Å². The summed E-state index contributed by atoms with van der Waals surface area (Å²) in [5.41, 5.74) is 3.75. The molecule has 8 nitrogen and oxygen atoms in total. The van der Waals surface area contributed by atoms with Crippen LogP contribution in [-0.2, 0) is 21.2 Å². The van der Waals surface area contributed by atoms with Crippen molar-refractivity contribution in [1.29, 1.82) is 0 Å². The van der Waals surface area contributed by atoms with E-state index in [-0.39, 0.29) is 17.2 Å². The number of amides is 2. The van der Waals surface area contributed by atoms with Crippen molar-refractivity contribution >= 4 is 44.0 Å². The standard InChI is InChI=1S/C25H28N4O4S2/c1-17-6-11-22(18(2)14-17)27-23(30)15-20-16-34-25(26-20)28-24(31)19-7-9-21(10-8-19)35(32,33)29-12-4-3-5-13-29/h6-11,14,16H,3-5,12-13,15H2,1-2H3,(H,27,30)(H,26,28,31). The van der Waals surface area contributed by atoms with E-state index >= 15 is 0 Å². The summed E-state index contributed by atoms with van der Waals surface area (Å²) in [5, 5.41) is 7.70. The predicted molar refractivity (Wildman–Crippen MR) is 137 cm³/mol.